The quantitative estimate of drug-likeness (QED) is 0.763. The standard InChI is InChI=1S/C15H13N3O3/c19-12-4-1-10(2-5-12)7-8-16-15(20)11-3-6-13-14(9-11)18-21-17-13/h1-6,9,19H,7-8H2,(H,16,20). The average Bonchev–Trinajstić information content (AvgIpc) is 2.96. The summed E-state index contributed by atoms with van der Waals surface area (Å²) < 4.78 is 4.60. The molecule has 6 heteroatoms. The van der Waals surface area contributed by atoms with E-state index in [1.54, 1.807) is 30.3 Å². The fourth-order valence-corrected chi connectivity index (χ4v) is 2.01. The second-order valence-corrected chi connectivity index (χ2v) is 4.64. The second-order valence-electron chi connectivity index (χ2n) is 4.64. The molecule has 0 aliphatic heterocycles. The number of nitrogens with zero attached hydrogens (tertiary/aromatic N) is 2. The van der Waals surface area contributed by atoms with Crippen molar-refractivity contribution in [2.24, 2.45) is 0 Å². The van der Waals surface area contributed by atoms with E-state index in [1.165, 1.54) is 0 Å². The number of hydrogen-bond acceptors (Lipinski definition) is 5. The number of phenols is 1. The number of benzene rings is 2. The zero-order valence-corrected chi connectivity index (χ0v) is 11.1. The highest BCUT2D eigenvalue weighted by Crippen LogP contribution is 2.12. The van der Waals surface area contributed by atoms with Crippen molar-refractivity contribution in [3.8, 4) is 5.75 Å². The van der Waals surface area contributed by atoms with Crippen LogP contribution in [0.1, 0.15) is 15.9 Å². The lowest BCUT2D eigenvalue weighted by molar-refractivity contribution is 0.0954. The van der Waals surface area contributed by atoms with Crippen molar-refractivity contribution in [1.29, 1.82) is 0 Å². The van der Waals surface area contributed by atoms with E-state index in [0.29, 0.717) is 29.6 Å². The van der Waals surface area contributed by atoms with Crippen molar-refractivity contribution in [2.75, 3.05) is 6.54 Å². The maximum absolute atomic E-state index is 12.0. The maximum Gasteiger partial charge on any atom is 0.251 e. The lowest BCUT2D eigenvalue weighted by atomic mass is 10.1. The minimum absolute atomic E-state index is 0.168. The highest BCUT2D eigenvalue weighted by Gasteiger charge is 2.08. The highest BCUT2D eigenvalue weighted by molar-refractivity contribution is 5.97. The first-order valence-electron chi connectivity index (χ1n) is 6.51. The first-order chi connectivity index (χ1) is 10.2. The van der Waals surface area contributed by atoms with Gasteiger partial charge in [-0.25, -0.2) is 4.63 Å². The van der Waals surface area contributed by atoms with Crippen LogP contribution in [-0.2, 0) is 6.42 Å². The van der Waals surface area contributed by atoms with Crippen LogP contribution in [0.5, 0.6) is 5.75 Å². The van der Waals surface area contributed by atoms with Gasteiger partial charge in [0.25, 0.3) is 5.91 Å². The van der Waals surface area contributed by atoms with Gasteiger partial charge in [-0.05, 0) is 52.6 Å². The van der Waals surface area contributed by atoms with Gasteiger partial charge in [0.15, 0.2) is 0 Å². The SMILES string of the molecule is O=C(NCCc1ccc(O)cc1)c1ccc2nonc2c1. The van der Waals surface area contributed by atoms with Crippen LogP contribution in [0, 0.1) is 0 Å². The first kappa shape index (κ1) is 13.1. The smallest absolute Gasteiger partial charge is 0.251 e. The van der Waals surface area contributed by atoms with Crippen molar-refractivity contribution in [3.05, 3.63) is 53.6 Å². The third-order valence-corrected chi connectivity index (χ3v) is 3.15. The van der Waals surface area contributed by atoms with E-state index in [-0.39, 0.29) is 11.7 Å². The number of amides is 1. The van der Waals surface area contributed by atoms with Crippen molar-refractivity contribution < 1.29 is 14.5 Å². The number of rotatable bonds is 4. The van der Waals surface area contributed by atoms with Crippen molar-refractivity contribution >= 4 is 16.9 Å². The molecule has 21 heavy (non-hydrogen) atoms. The van der Waals surface area contributed by atoms with E-state index in [9.17, 15) is 9.90 Å². The van der Waals surface area contributed by atoms with Crippen molar-refractivity contribution in [3.63, 3.8) is 0 Å². The molecule has 0 fully saturated rings. The number of phenolic OH excluding ortho intramolecular Hbond substituents is 1. The largest absolute Gasteiger partial charge is 0.508 e. The molecule has 106 valence electrons. The molecule has 0 saturated heterocycles. The molecule has 3 rings (SSSR count). The molecule has 0 radical (unpaired) electrons. The third kappa shape index (κ3) is 3.00. The van der Waals surface area contributed by atoms with E-state index >= 15 is 0 Å². The van der Waals surface area contributed by atoms with E-state index in [4.69, 9.17) is 0 Å². The number of carbonyl (C=O) groups is 1. The molecule has 6 nitrogen and oxygen atoms in total. The van der Waals surface area contributed by atoms with Gasteiger partial charge in [0.05, 0.1) is 0 Å². The Morgan fingerprint density at radius 1 is 1.10 bits per heavy atom. The molecule has 0 spiro atoms. The fraction of sp³-hybridized carbons (Fsp3) is 0.133. The molecule has 0 aliphatic rings. The van der Waals surface area contributed by atoms with Gasteiger partial charge in [-0.15, -0.1) is 0 Å². The molecule has 0 unspecified atom stereocenters. The maximum atomic E-state index is 12.0. The minimum atomic E-state index is -0.168. The molecule has 2 aromatic carbocycles. The lowest BCUT2D eigenvalue weighted by Gasteiger charge is -2.05. The summed E-state index contributed by atoms with van der Waals surface area (Å²) in [4.78, 5) is 12.0. The first-order valence-corrected chi connectivity index (χ1v) is 6.51. The van der Waals surface area contributed by atoms with Crippen LogP contribution in [-0.4, -0.2) is 27.9 Å². The average molecular weight is 283 g/mol. The summed E-state index contributed by atoms with van der Waals surface area (Å²) in [5.41, 5.74) is 2.74. The molecule has 1 heterocycles. The highest BCUT2D eigenvalue weighted by atomic mass is 16.6. The Bertz CT molecular complexity index is 765. The Hall–Kier alpha value is -2.89. The molecule has 3 aromatic rings. The van der Waals surface area contributed by atoms with Gasteiger partial charge in [-0.3, -0.25) is 4.79 Å². The fourth-order valence-electron chi connectivity index (χ4n) is 2.01. The second kappa shape index (κ2) is 5.62. The molecule has 2 N–H and O–H groups in total. The molecular weight excluding hydrogens is 270 g/mol. The summed E-state index contributed by atoms with van der Waals surface area (Å²) >= 11 is 0. The van der Waals surface area contributed by atoms with Crippen LogP contribution in [0.25, 0.3) is 11.0 Å². The molecule has 1 amide bonds. The van der Waals surface area contributed by atoms with E-state index in [0.717, 1.165) is 5.56 Å². The molecule has 0 aliphatic carbocycles. The zero-order valence-electron chi connectivity index (χ0n) is 11.1. The minimum Gasteiger partial charge on any atom is -0.508 e. The zero-order chi connectivity index (χ0) is 14.7. The van der Waals surface area contributed by atoms with E-state index in [2.05, 4.69) is 20.3 Å². The van der Waals surface area contributed by atoms with Crippen LogP contribution < -0.4 is 5.32 Å². The summed E-state index contributed by atoms with van der Waals surface area (Å²) in [5.74, 6) is 0.0657. The van der Waals surface area contributed by atoms with Gasteiger partial charge in [0, 0.05) is 12.1 Å². The van der Waals surface area contributed by atoms with E-state index < -0.39 is 0 Å². The summed E-state index contributed by atoms with van der Waals surface area (Å²) in [6.45, 7) is 0.513. The van der Waals surface area contributed by atoms with Gasteiger partial charge < -0.3 is 10.4 Å². The van der Waals surface area contributed by atoms with Gasteiger partial charge >= 0.3 is 0 Å². The Kier molecular flexibility index (Phi) is 3.51. The number of aromatic nitrogens is 2. The summed E-state index contributed by atoms with van der Waals surface area (Å²) in [6, 6.07) is 11.9. The molecule has 0 bridgehead atoms. The van der Waals surface area contributed by atoms with Gasteiger partial charge in [0.2, 0.25) is 0 Å². The Morgan fingerprint density at radius 3 is 2.67 bits per heavy atom. The van der Waals surface area contributed by atoms with Crippen LogP contribution in [0.3, 0.4) is 0 Å². The van der Waals surface area contributed by atoms with Gasteiger partial charge in [-0.1, -0.05) is 12.1 Å². The summed E-state index contributed by atoms with van der Waals surface area (Å²) in [6.07, 6.45) is 0.694. The Labute approximate surface area is 120 Å². The van der Waals surface area contributed by atoms with Crippen LogP contribution in [0.15, 0.2) is 47.1 Å². The summed E-state index contributed by atoms with van der Waals surface area (Å²) in [5, 5.41) is 19.4. The monoisotopic (exact) mass is 283 g/mol. The Morgan fingerprint density at radius 2 is 1.86 bits per heavy atom. The lowest BCUT2D eigenvalue weighted by Crippen LogP contribution is -2.25. The predicted octanol–water partition coefficient (Wildman–Crippen LogP) is 1.90. The number of carbonyl (C=O) groups excluding carboxylic acids is 1. The number of fused-ring (bicyclic) bond motifs is 1. The number of nitrogens with one attached hydrogen (secondary N) is 1. The van der Waals surface area contributed by atoms with Crippen molar-refractivity contribution in [2.45, 2.75) is 6.42 Å². The van der Waals surface area contributed by atoms with Crippen LogP contribution in [0.4, 0.5) is 0 Å². The molecule has 0 atom stereocenters. The van der Waals surface area contributed by atoms with Crippen LogP contribution >= 0.6 is 0 Å². The Balaban J connectivity index is 1.59. The third-order valence-electron chi connectivity index (χ3n) is 3.15. The predicted molar refractivity (Wildman–Crippen MR) is 75.9 cm³/mol. The normalized spacial score (nSPS) is 10.7. The van der Waals surface area contributed by atoms with Crippen LogP contribution in [0.2, 0.25) is 0 Å². The van der Waals surface area contributed by atoms with Gasteiger partial charge in [0.1, 0.15) is 16.8 Å². The summed E-state index contributed by atoms with van der Waals surface area (Å²) in [7, 11) is 0. The number of aromatic hydroxyl groups is 1. The van der Waals surface area contributed by atoms with Crippen molar-refractivity contribution in [1.82, 2.24) is 15.6 Å². The molecule has 1 aromatic heterocycles. The molecular formula is C15H13N3O3. The van der Waals surface area contributed by atoms with Gasteiger partial charge in [-0.2, -0.15) is 0 Å². The topological polar surface area (TPSA) is 88.2 Å². The molecule has 0 saturated carbocycles. The number of hydrogen-bond donors (Lipinski definition) is 2. The van der Waals surface area contributed by atoms with E-state index in [1.807, 2.05) is 12.1 Å².